The Morgan fingerprint density at radius 3 is 2.13 bits per heavy atom. The summed E-state index contributed by atoms with van der Waals surface area (Å²) in [6.45, 7) is 0.567. The predicted molar refractivity (Wildman–Crippen MR) is 57.5 cm³/mol. The Labute approximate surface area is 92.9 Å². The fourth-order valence-electron chi connectivity index (χ4n) is 1.58. The molecule has 1 saturated heterocycles. The summed E-state index contributed by atoms with van der Waals surface area (Å²) < 4.78 is 12.0. The van der Waals surface area contributed by atoms with Crippen LogP contribution in [0.1, 0.15) is 20.8 Å². The third-order valence-electron chi connectivity index (χ3n) is 2.29. The molecule has 0 radical (unpaired) electrons. The van der Waals surface area contributed by atoms with Gasteiger partial charge in [0.25, 0.3) is 5.91 Å². The summed E-state index contributed by atoms with van der Waals surface area (Å²) in [6, 6.07) is -0.770. The molecule has 0 aromatic carbocycles. The zero-order valence-corrected chi connectivity index (χ0v) is 10.5. The summed E-state index contributed by atoms with van der Waals surface area (Å²) in [6.07, 6.45) is 0. The highest BCUT2D eigenvalue weighted by Gasteiger charge is 2.56. The van der Waals surface area contributed by atoms with Gasteiger partial charge in [-0.3, -0.25) is 14.3 Å². The lowest BCUT2D eigenvalue weighted by Crippen LogP contribution is -2.41. The standard InChI is InChI=1S/C7H13N2O4PS/c1-4-8-5(10)7(2,3)9(6(8)11)14(12,13)15/h4H2,1-3H3,(H2,12,13,15). The maximum absolute atomic E-state index is 11.7. The minimum absolute atomic E-state index is 0.172. The SMILES string of the molecule is CCN1C(=O)N(P(=O)(O)S)C(C)(C)C1=O. The molecule has 0 aliphatic carbocycles. The molecule has 0 saturated carbocycles. The number of imide groups is 1. The molecule has 0 aromatic heterocycles. The molecular formula is C7H13N2O4PS. The zero-order chi connectivity index (χ0) is 12.0. The van der Waals surface area contributed by atoms with Crippen molar-refractivity contribution in [3.63, 3.8) is 0 Å². The van der Waals surface area contributed by atoms with Crippen LogP contribution in [0.4, 0.5) is 4.79 Å². The summed E-state index contributed by atoms with van der Waals surface area (Å²) >= 11 is 3.48. The van der Waals surface area contributed by atoms with Crippen LogP contribution in [0.3, 0.4) is 0 Å². The first-order valence-electron chi connectivity index (χ1n) is 4.36. The normalized spacial score (nSPS) is 24.6. The fraction of sp³-hybridized carbons (Fsp3) is 0.714. The van der Waals surface area contributed by atoms with Gasteiger partial charge in [0.2, 0.25) is 0 Å². The Kier molecular flexibility index (Phi) is 2.93. The number of carbonyl (C=O) groups excluding carboxylic acids is 2. The summed E-state index contributed by atoms with van der Waals surface area (Å²) in [5.74, 6) is -0.488. The van der Waals surface area contributed by atoms with E-state index in [0.29, 0.717) is 4.67 Å². The van der Waals surface area contributed by atoms with Crippen LogP contribution in [-0.4, -0.2) is 38.5 Å². The van der Waals surface area contributed by atoms with Gasteiger partial charge in [-0.05, 0) is 20.8 Å². The number of hydrogen-bond acceptors (Lipinski definition) is 3. The predicted octanol–water partition coefficient (Wildman–Crippen LogP) is 1.08. The van der Waals surface area contributed by atoms with E-state index in [2.05, 4.69) is 12.2 Å². The van der Waals surface area contributed by atoms with Crippen molar-refractivity contribution in [2.75, 3.05) is 6.54 Å². The molecule has 0 aromatic rings. The van der Waals surface area contributed by atoms with Gasteiger partial charge in [-0.25, -0.2) is 9.46 Å². The lowest BCUT2D eigenvalue weighted by molar-refractivity contribution is -0.131. The highest BCUT2D eigenvalue weighted by atomic mass is 32.7. The molecule has 0 spiro atoms. The quantitative estimate of drug-likeness (QED) is 0.438. The molecule has 1 aliphatic rings. The van der Waals surface area contributed by atoms with Crippen LogP contribution < -0.4 is 0 Å². The van der Waals surface area contributed by atoms with E-state index in [9.17, 15) is 19.0 Å². The maximum Gasteiger partial charge on any atom is 0.352 e. The lowest BCUT2D eigenvalue weighted by atomic mass is 10.1. The molecule has 0 bridgehead atoms. The fourth-order valence-corrected chi connectivity index (χ4v) is 3.55. The molecule has 86 valence electrons. The van der Waals surface area contributed by atoms with Crippen LogP contribution >= 0.6 is 19.0 Å². The van der Waals surface area contributed by atoms with Crippen molar-refractivity contribution in [1.82, 2.24) is 9.57 Å². The summed E-state index contributed by atoms with van der Waals surface area (Å²) in [5, 5.41) is 0. The van der Waals surface area contributed by atoms with Gasteiger partial charge in [0.05, 0.1) is 0 Å². The molecule has 1 N–H and O–H groups in total. The van der Waals surface area contributed by atoms with E-state index in [1.807, 2.05) is 0 Å². The van der Waals surface area contributed by atoms with Crippen molar-refractivity contribution >= 4 is 30.9 Å². The van der Waals surface area contributed by atoms with Gasteiger partial charge < -0.3 is 4.89 Å². The summed E-state index contributed by atoms with van der Waals surface area (Å²) in [5.41, 5.74) is -1.32. The second-order valence-corrected chi connectivity index (χ2v) is 6.71. The van der Waals surface area contributed by atoms with Gasteiger partial charge in [-0.2, -0.15) is 0 Å². The molecule has 1 aliphatic heterocycles. The summed E-state index contributed by atoms with van der Waals surface area (Å²) in [4.78, 5) is 33.6. The molecular weight excluding hydrogens is 239 g/mol. The third-order valence-corrected chi connectivity index (χ3v) is 4.02. The number of hydrogen-bond donors (Lipinski definition) is 2. The molecule has 1 rings (SSSR count). The number of thiol groups is 1. The Bertz CT molecular complexity index is 364. The molecule has 6 nitrogen and oxygen atoms in total. The molecule has 1 atom stereocenters. The Morgan fingerprint density at radius 2 is 1.93 bits per heavy atom. The topological polar surface area (TPSA) is 77.9 Å². The van der Waals surface area contributed by atoms with E-state index >= 15 is 0 Å². The smallest absolute Gasteiger partial charge is 0.321 e. The highest BCUT2D eigenvalue weighted by Crippen LogP contribution is 2.56. The van der Waals surface area contributed by atoms with Crippen molar-refractivity contribution in [2.24, 2.45) is 0 Å². The van der Waals surface area contributed by atoms with Crippen molar-refractivity contribution in [1.29, 1.82) is 0 Å². The van der Waals surface area contributed by atoms with E-state index in [1.54, 1.807) is 6.92 Å². The van der Waals surface area contributed by atoms with Crippen LogP contribution in [0.2, 0.25) is 0 Å². The number of urea groups is 1. The van der Waals surface area contributed by atoms with Gasteiger partial charge in [0.15, 0.2) is 0 Å². The minimum atomic E-state index is -4.06. The van der Waals surface area contributed by atoms with Crippen molar-refractivity contribution in [3.8, 4) is 0 Å². The number of rotatable bonds is 2. The molecule has 1 unspecified atom stereocenters. The van der Waals surface area contributed by atoms with Gasteiger partial charge in [0, 0.05) is 6.54 Å². The number of nitrogens with zero attached hydrogens (tertiary/aromatic N) is 2. The van der Waals surface area contributed by atoms with Gasteiger partial charge in [0.1, 0.15) is 5.54 Å². The van der Waals surface area contributed by atoms with E-state index in [-0.39, 0.29) is 6.54 Å². The molecule has 1 heterocycles. The van der Waals surface area contributed by atoms with E-state index in [4.69, 9.17) is 0 Å². The van der Waals surface area contributed by atoms with E-state index in [1.165, 1.54) is 13.8 Å². The summed E-state index contributed by atoms with van der Waals surface area (Å²) in [7, 11) is 0. The molecule has 3 amide bonds. The van der Waals surface area contributed by atoms with Crippen LogP contribution in [0.5, 0.6) is 0 Å². The second-order valence-electron chi connectivity index (χ2n) is 3.72. The number of carbonyl (C=O) groups is 2. The Balaban J connectivity index is 3.26. The van der Waals surface area contributed by atoms with E-state index < -0.39 is 24.2 Å². The number of amides is 3. The monoisotopic (exact) mass is 252 g/mol. The van der Waals surface area contributed by atoms with Crippen LogP contribution in [0.15, 0.2) is 0 Å². The number of likely N-dealkylation sites (N-methyl/N-ethyl adjacent to an activating group) is 1. The minimum Gasteiger partial charge on any atom is -0.321 e. The lowest BCUT2D eigenvalue weighted by Gasteiger charge is -2.28. The van der Waals surface area contributed by atoms with E-state index in [0.717, 1.165) is 4.90 Å². The largest absolute Gasteiger partial charge is 0.352 e. The first-order valence-corrected chi connectivity index (χ1v) is 7.12. The Morgan fingerprint density at radius 1 is 1.47 bits per heavy atom. The van der Waals surface area contributed by atoms with Crippen LogP contribution in [0, 0.1) is 0 Å². The zero-order valence-electron chi connectivity index (χ0n) is 8.67. The average Bonchev–Trinajstić information content (AvgIpc) is 2.17. The van der Waals surface area contributed by atoms with Gasteiger partial charge in [-0.15, -0.1) is 0 Å². The molecule has 8 heteroatoms. The molecule has 1 fully saturated rings. The first kappa shape index (κ1) is 12.5. The van der Waals surface area contributed by atoms with Crippen molar-refractivity contribution in [3.05, 3.63) is 0 Å². The Hall–Kier alpha value is -0.520. The van der Waals surface area contributed by atoms with Crippen LogP contribution in [-0.2, 0) is 9.36 Å². The first-order chi connectivity index (χ1) is 6.64. The molecule has 15 heavy (non-hydrogen) atoms. The maximum atomic E-state index is 11.7. The highest BCUT2D eigenvalue weighted by molar-refractivity contribution is 8.45. The second kappa shape index (κ2) is 3.50. The van der Waals surface area contributed by atoms with Gasteiger partial charge >= 0.3 is 12.8 Å². The van der Waals surface area contributed by atoms with Gasteiger partial charge in [-0.1, -0.05) is 12.2 Å². The van der Waals surface area contributed by atoms with Crippen molar-refractivity contribution < 1.29 is 19.0 Å². The third kappa shape index (κ3) is 1.79. The average molecular weight is 252 g/mol. The van der Waals surface area contributed by atoms with Crippen LogP contribution in [0.25, 0.3) is 0 Å². The van der Waals surface area contributed by atoms with Crippen molar-refractivity contribution in [2.45, 2.75) is 26.3 Å².